The van der Waals surface area contributed by atoms with Crippen LogP contribution < -0.4 is 5.32 Å². The van der Waals surface area contributed by atoms with Crippen LogP contribution in [0.15, 0.2) is 42.5 Å². The zero-order chi connectivity index (χ0) is 15.1. The molecule has 0 bridgehead atoms. The van der Waals surface area contributed by atoms with E-state index in [4.69, 9.17) is 0 Å². The van der Waals surface area contributed by atoms with Crippen LogP contribution >= 0.6 is 0 Å². The lowest BCUT2D eigenvalue weighted by Gasteiger charge is -2.11. The van der Waals surface area contributed by atoms with Crippen molar-refractivity contribution in [2.24, 2.45) is 0 Å². The van der Waals surface area contributed by atoms with Crippen molar-refractivity contribution in [2.45, 2.75) is 19.8 Å². The molecule has 1 aliphatic rings. The van der Waals surface area contributed by atoms with Crippen LogP contribution in [0.1, 0.15) is 18.1 Å². The highest BCUT2D eigenvalue weighted by Gasteiger charge is 2.19. The molecule has 4 heteroatoms. The molecule has 4 nitrogen and oxygen atoms in total. The summed E-state index contributed by atoms with van der Waals surface area (Å²) < 4.78 is 0. The van der Waals surface area contributed by atoms with E-state index in [1.165, 1.54) is 18.1 Å². The lowest BCUT2D eigenvalue weighted by molar-refractivity contribution is -0.114. The normalized spacial score (nSPS) is 12.6. The van der Waals surface area contributed by atoms with Crippen molar-refractivity contribution in [1.82, 2.24) is 9.97 Å². The number of hydrogen-bond acceptors (Lipinski definition) is 3. The number of nitrogens with one attached hydrogen (secondary N) is 1. The second-order valence-electron chi connectivity index (χ2n) is 5.55. The molecule has 4 rings (SSSR count). The third-order valence-corrected chi connectivity index (χ3v) is 4.03. The highest BCUT2D eigenvalue weighted by Crippen LogP contribution is 2.35. The van der Waals surface area contributed by atoms with Gasteiger partial charge in [0.1, 0.15) is 0 Å². The van der Waals surface area contributed by atoms with Crippen molar-refractivity contribution in [3.63, 3.8) is 0 Å². The van der Waals surface area contributed by atoms with Crippen molar-refractivity contribution in [3.8, 4) is 11.3 Å². The molecule has 0 radical (unpaired) electrons. The molecule has 3 aromatic rings. The Labute approximate surface area is 128 Å². The van der Waals surface area contributed by atoms with Crippen molar-refractivity contribution >= 4 is 22.8 Å². The van der Waals surface area contributed by atoms with Crippen LogP contribution in [-0.4, -0.2) is 15.9 Å². The highest BCUT2D eigenvalue weighted by atomic mass is 16.1. The van der Waals surface area contributed by atoms with Gasteiger partial charge < -0.3 is 0 Å². The number of fused-ring (bicyclic) bond motifs is 2. The maximum Gasteiger partial charge on any atom is 0.230 e. The molecule has 0 unspecified atom stereocenters. The zero-order valence-electron chi connectivity index (χ0n) is 12.3. The minimum Gasteiger partial charge on any atom is -0.295 e. The van der Waals surface area contributed by atoms with Gasteiger partial charge in [-0.15, -0.1) is 0 Å². The van der Waals surface area contributed by atoms with Gasteiger partial charge in [-0.2, -0.15) is 0 Å². The molecule has 1 amide bonds. The van der Waals surface area contributed by atoms with Gasteiger partial charge in [-0.3, -0.25) is 10.1 Å². The number of rotatable bonds is 1. The average Bonchev–Trinajstić information content (AvgIpc) is 2.66. The van der Waals surface area contributed by atoms with Crippen LogP contribution in [0.25, 0.3) is 22.2 Å². The Bertz CT molecular complexity index is 902. The quantitative estimate of drug-likeness (QED) is 0.747. The summed E-state index contributed by atoms with van der Waals surface area (Å²) in [5.41, 5.74) is 5.47. The first-order valence-corrected chi connectivity index (χ1v) is 7.38. The molecule has 0 atom stereocenters. The maximum atomic E-state index is 11.4. The second-order valence-corrected chi connectivity index (χ2v) is 5.55. The molecule has 22 heavy (non-hydrogen) atoms. The Morgan fingerprint density at radius 2 is 1.77 bits per heavy atom. The highest BCUT2D eigenvalue weighted by molar-refractivity contribution is 5.98. The molecule has 1 heterocycles. The van der Waals surface area contributed by atoms with Gasteiger partial charge in [0.05, 0.1) is 11.2 Å². The van der Waals surface area contributed by atoms with E-state index in [2.05, 4.69) is 39.6 Å². The van der Waals surface area contributed by atoms with Gasteiger partial charge in [0.15, 0.2) is 0 Å². The number of hydrogen-bond donors (Lipinski definition) is 1. The summed E-state index contributed by atoms with van der Waals surface area (Å²) >= 11 is 0. The largest absolute Gasteiger partial charge is 0.295 e. The number of amides is 1. The third-order valence-electron chi connectivity index (χ3n) is 4.03. The number of carbonyl (C=O) groups excluding carboxylic acids is 1. The van der Waals surface area contributed by atoms with Crippen LogP contribution in [-0.2, 0) is 17.6 Å². The smallest absolute Gasteiger partial charge is 0.230 e. The van der Waals surface area contributed by atoms with Gasteiger partial charge in [0.25, 0.3) is 0 Å². The first-order chi connectivity index (χ1) is 10.7. The van der Waals surface area contributed by atoms with Crippen LogP contribution in [0.3, 0.4) is 0 Å². The molecular formula is C18H15N3O. The van der Waals surface area contributed by atoms with E-state index in [0.717, 1.165) is 35.0 Å². The summed E-state index contributed by atoms with van der Waals surface area (Å²) in [5, 5.41) is 3.80. The number of aryl methyl sites for hydroxylation is 2. The van der Waals surface area contributed by atoms with E-state index in [0.29, 0.717) is 5.95 Å². The van der Waals surface area contributed by atoms with Crippen molar-refractivity contribution < 1.29 is 4.79 Å². The summed E-state index contributed by atoms with van der Waals surface area (Å²) in [7, 11) is 0. The summed E-state index contributed by atoms with van der Waals surface area (Å²) in [6.45, 7) is 1.47. The standard InChI is InChI=1S/C18H15N3O/c1-11(22)19-18-20-15-8-4-6-13-10-9-12-5-2-3-7-14(12)17(21-18)16(13)15/h2-8H,9-10H2,1H3,(H,19,20,21,22). The molecule has 1 aliphatic carbocycles. The van der Waals surface area contributed by atoms with Gasteiger partial charge in [-0.1, -0.05) is 36.4 Å². The van der Waals surface area contributed by atoms with Crippen molar-refractivity contribution in [1.29, 1.82) is 0 Å². The van der Waals surface area contributed by atoms with E-state index >= 15 is 0 Å². The van der Waals surface area contributed by atoms with E-state index in [9.17, 15) is 4.79 Å². The number of anilines is 1. The Balaban J connectivity index is 2.07. The van der Waals surface area contributed by atoms with E-state index in [1.54, 1.807) is 0 Å². The molecule has 108 valence electrons. The molecule has 0 spiro atoms. The van der Waals surface area contributed by atoms with Crippen LogP contribution in [0.4, 0.5) is 5.95 Å². The minimum atomic E-state index is -0.162. The number of nitrogens with zero attached hydrogens (tertiary/aromatic N) is 2. The molecule has 2 aromatic carbocycles. The van der Waals surface area contributed by atoms with Gasteiger partial charge >= 0.3 is 0 Å². The number of benzene rings is 2. The van der Waals surface area contributed by atoms with E-state index < -0.39 is 0 Å². The topological polar surface area (TPSA) is 54.9 Å². The fourth-order valence-corrected chi connectivity index (χ4v) is 3.11. The fourth-order valence-electron chi connectivity index (χ4n) is 3.11. The Kier molecular flexibility index (Phi) is 2.89. The number of aromatic nitrogens is 2. The maximum absolute atomic E-state index is 11.4. The van der Waals surface area contributed by atoms with Crippen LogP contribution in [0.2, 0.25) is 0 Å². The summed E-state index contributed by atoms with van der Waals surface area (Å²) in [4.78, 5) is 20.5. The Morgan fingerprint density at radius 3 is 2.64 bits per heavy atom. The minimum absolute atomic E-state index is 0.162. The third kappa shape index (κ3) is 2.04. The van der Waals surface area contributed by atoms with Gasteiger partial charge in [-0.25, -0.2) is 9.97 Å². The predicted molar refractivity (Wildman–Crippen MR) is 86.7 cm³/mol. The van der Waals surface area contributed by atoms with E-state index in [-0.39, 0.29) is 5.91 Å². The average molecular weight is 289 g/mol. The van der Waals surface area contributed by atoms with Gasteiger partial charge in [0, 0.05) is 17.9 Å². The number of carbonyl (C=O) groups is 1. The molecule has 0 saturated carbocycles. The first-order valence-electron chi connectivity index (χ1n) is 7.38. The van der Waals surface area contributed by atoms with Crippen LogP contribution in [0, 0.1) is 0 Å². The lowest BCUT2D eigenvalue weighted by atomic mass is 10.0. The summed E-state index contributed by atoms with van der Waals surface area (Å²) in [6, 6.07) is 14.5. The van der Waals surface area contributed by atoms with Gasteiger partial charge in [-0.05, 0) is 30.0 Å². The van der Waals surface area contributed by atoms with Gasteiger partial charge in [0.2, 0.25) is 11.9 Å². The Hall–Kier alpha value is -2.75. The van der Waals surface area contributed by atoms with E-state index in [1.807, 2.05) is 18.2 Å². The predicted octanol–water partition coefficient (Wildman–Crippen LogP) is 3.35. The van der Waals surface area contributed by atoms with Crippen molar-refractivity contribution in [2.75, 3.05) is 5.32 Å². The van der Waals surface area contributed by atoms with Crippen LogP contribution in [0.5, 0.6) is 0 Å². The SMILES string of the molecule is CC(=O)Nc1nc2c3c(cccc3n1)CCc1ccccc1-2. The molecule has 1 aromatic heterocycles. The second kappa shape index (κ2) is 4.91. The summed E-state index contributed by atoms with van der Waals surface area (Å²) in [5.74, 6) is 0.202. The summed E-state index contributed by atoms with van der Waals surface area (Å²) in [6.07, 6.45) is 1.96. The monoisotopic (exact) mass is 289 g/mol. The zero-order valence-corrected chi connectivity index (χ0v) is 12.3. The van der Waals surface area contributed by atoms with Crippen molar-refractivity contribution in [3.05, 3.63) is 53.6 Å². The molecular weight excluding hydrogens is 274 g/mol. The Morgan fingerprint density at radius 1 is 1.00 bits per heavy atom. The fraction of sp³-hybridized carbons (Fsp3) is 0.167. The first kappa shape index (κ1) is 13.0. The molecule has 0 aliphatic heterocycles. The molecule has 0 saturated heterocycles. The molecule has 1 N–H and O–H groups in total. The molecule has 0 fully saturated rings. The lowest BCUT2D eigenvalue weighted by Crippen LogP contribution is -2.10.